The standard InChI is InChI=1S/C25H39NO2.C3H8.C2H6/c1-17-19(18-15-13-12-14-16-18)21(2,3)24(8,9)26(23(17,6)7)25(10,11)22(4,5)20(27)28;1-3-2;1-2/h12-16H,1-11H3,(H,27,28);3H2,1-2H3;1-2H3. The number of benzene rings is 1. The van der Waals surface area contributed by atoms with E-state index in [4.69, 9.17) is 0 Å². The number of hydrogen-bond acceptors (Lipinski definition) is 2. The Bertz CT molecular complexity index is 811. The van der Waals surface area contributed by atoms with Crippen molar-refractivity contribution < 1.29 is 9.90 Å². The lowest BCUT2D eigenvalue weighted by atomic mass is 9.56. The Hall–Kier alpha value is -1.61. The summed E-state index contributed by atoms with van der Waals surface area (Å²) in [5.41, 5.74) is 1.66. The van der Waals surface area contributed by atoms with E-state index in [0.29, 0.717) is 0 Å². The van der Waals surface area contributed by atoms with Gasteiger partial charge in [0.15, 0.2) is 0 Å². The molecular weight excluding hydrogens is 406 g/mol. The highest BCUT2D eigenvalue weighted by Crippen LogP contribution is 2.59. The average Bonchev–Trinajstić information content (AvgIpc) is 2.69. The van der Waals surface area contributed by atoms with Crippen molar-refractivity contribution in [3.05, 3.63) is 41.5 Å². The molecule has 0 radical (unpaired) electrons. The monoisotopic (exact) mass is 459 g/mol. The second-order valence-corrected chi connectivity index (χ2v) is 11.6. The van der Waals surface area contributed by atoms with E-state index < -0.39 is 16.9 Å². The molecule has 1 aliphatic rings. The fourth-order valence-electron chi connectivity index (χ4n) is 5.35. The number of carboxylic acid groups (broad SMARTS) is 1. The molecule has 0 bridgehead atoms. The lowest BCUT2D eigenvalue weighted by Gasteiger charge is -2.68. The molecule has 1 heterocycles. The minimum Gasteiger partial charge on any atom is -0.481 e. The highest BCUT2D eigenvalue weighted by Gasteiger charge is 2.62. The highest BCUT2D eigenvalue weighted by molar-refractivity contribution is 5.78. The summed E-state index contributed by atoms with van der Waals surface area (Å²) in [5, 5.41) is 10.0. The van der Waals surface area contributed by atoms with Crippen molar-refractivity contribution in [3.63, 3.8) is 0 Å². The summed E-state index contributed by atoms with van der Waals surface area (Å²) in [6, 6.07) is 10.6. The summed E-state index contributed by atoms with van der Waals surface area (Å²) >= 11 is 0. The smallest absolute Gasteiger partial charge is 0.310 e. The van der Waals surface area contributed by atoms with Gasteiger partial charge in [-0.2, -0.15) is 0 Å². The molecular formula is C30H53NO2. The van der Waals surface area contributed by atoms with E-state index in [0.717, 1.165) is 0 Å². The van der Waals surface area contributed by atoms with E-state index in [1.807, 2.05) is 27.7 Å². The maximum atomic E-state index is 12.2. The Morgan fingerprint density at radius 1 is 0.909 bits per heavy atom. The van der Waals surface area contributed by atoms with Crippen molar-refractivity contribution in [2.24, 2.45) is 10.8 Å². The molecule has 0 unspecified atom stereocenters. The van der Waals surface area contributed by atoms with E-state index in [1.54, 1.807) is 0 Å². The summed E-state index contributed by atoms with van der Waals surface area (Å²) in [6.45, 7) is 31.9. The van der Waals surface area contributed by atoms with E-state index in [1.165, 1.54) is 23.1 Å². The zero-order valence-electron chi connectivity index (χ0n) is 24.4. The van der Waals surface area contributed by atoms with Crippen LogP contribution < -0.4 is 0 Å². The molecule has 1 aliphatic heterocycles. The third-order valence-electron chi connectivity index (χ3n) is 8.25. The lowest BCUT2D eigenvalue weighted by molar-refractivity contribution is -0.173. The first kappa shape index (κ1) is 31.4. The lowest BCUT2D eigenvalue weighted by Crippen LogP contribution is -2.75. The van der Waals surface area contributed by atoms with Crippen LogP contribution in [0.5, 0.6) is 0 Å². The zero-order valence-corrected chi connectivity index (χ0v) is 24.4. The molecule has 0 atom stereocenters. The van der Waals surface area contributed by atoms with Crippen LogP contribution in [0.3, 0.4) is 0 Å². The van der Waals surface area contributed by atoms with Crippen LogP contribution >= 0.6 is 0 Å². The maximum Gasteiger partial charge on any atom is 0.310 e. The molecule has 0 saturated heterocycles. The number of carboxylic acids is 1. The first-order chi connectivity index (χ1) is 14.9. The first-order valence-electron chi connectivity index (χ1n) is 12.7. The Balaban J connectivity index is 0.00000189. The van der Waals surface area contributed by atoms with E-state index in [-0.39, 0.29) is 16.5 Å². The van der Waals surface area contributed by atoms with Gasteiger partial charge in [0.2, 0.25) is 0 Å². The molecule has 0 saturated carbocycles. The van der Waals surface area contributed by atoms with Crippen LogP contribution in [-0.2, 0) is 4.79 Å². The van der Waals surface area contributed by atoms with Crippen LogP contribution in [0.15, 0.2) is 35.9 Å². The van der Waals surface area contributed by atoms with Crippen LogP contribution in [0.1, 0.15) is 116 Å². The highest BCUT2D eigenvalue weighted by atomic mass is 16.4. The van der Waals surface area contributed by atoms with Gasteiger partial charge in [-0.05, 0) is 79.0 Å². The van der Waals surface area contributed by atoms with Gasteiger partial charge in [-0.1, -0.05) is 78.3 Å². The third-order valence-corrected chi connectivity index (χ3v) is 8.25. The van der Waals surface area contributed by atoms with Gasteiger partial charge >= 0.3 is 5.97 Å². The molecule has 33 heavy (non-hydrogen) atoms. The predicted molar refractivity (Wildman–Crippen MR) is 146 cm³/mol. The quantitative estimate of drug-likeness (QED) is 0.489. The van der Waals surface area contributed by atoms with Crippen molar-refractivity contribution in [3.8, 4) is 0 Å². The van der Waals surface area contributed by atoms with Gasteiger partial charge < -0.3 is 5.11 Å². The van der Waals surface area contributed by atoms with E-state index in [2.05, 4.69) is 111 Å². The van der Waals surface area contributed by atoms with Gasteiger partial charge in [-0.15, -0.1) is 0 Å². The van der Waals surface area contributed by atoms with Crippen LogP contribution in [0, 0.1) is 10.8 Å². The number of rotatable bonds is 4. The van der Waals surface area contributed by atoms with Crippen LogP contribution in [0.2, 0.25) is 0 Å². The maximum absolute atomic E-state index is 12.2. The second-order valence-electron chi connectivity index (χ2n) is 11.6. The third kappa shape index (κ3) is 5.24. The fraction of sp³-hybridized carbons (Fsp3) is 0.700. The fourth-order valence-corrected chi connectivity index (χ4v) is 5.35. The SMILES string of the molecule is CC.CC1=C(c2ccccc2)C(C)(C)C(C)(C)N(C(C)(C)C(C)(C)C(=O)O)C1(C)C.CCC. The molecule has 3 nitrogen and oxygen atoms in total. The van der Waals surface area contributed by atoms with Gasteiger partial charge in [0, 0.05) is 22.0 Å². The number of nitrogens with zero attached hydrogens (tertiary/aromatic N) is 1. The Morgan fingerprint density at radius 3 is 1.67 bits per heavy atom. The molecule has 0 spiro atoms. The van der Waals surface area contributed by atoms with Crippen LogP contribution in [-0.4, -0.2) is 32.6 Å². The van der Waals surface area contributed by atoms with Gasteiger partial charge in [-0.25, -0.2) is 0 Å². The normalized spacial score (nSPS) is 19.6. The van der Waals surface area contributed by atoms with Gasteiger partial charge in [-0.3, -0.25) is 9.69 Å². The molecule has 0 aromatic heterocycles. The average molecular weight is 460 g/mol. The molecule has 0 aliphatic carbocycles. The van der Waals surface area contributed by atoms with Crippen molar-refractivity contribution in [1.29, 1.82) is 0 Å². The number of aliphatic carboxylic acids is 1. The van der Waals surface area contributed by atoms with Crippen LogP contribution in [0.4, 0.5) is 0 Å². The predicted octanol–water partition coefficient (Wildman–Crippen LogP) is 8.69. The van der Waals surface area contributed by atoms with E-state index in [9.17, 15) is 9.90 Å². The zero-order chi connectivity index (χ0) is 26.6. The molecule has 2 rings (SSSR count). The summed E-state index contributed by atoms with van der Waals surface area (Å²) < 4.78 is 0. The minimum absolute atomic E-state index is 0.181. The largest absolute Gasteiger partial charge is 0.481 e. The van der Waals surface area contributed by atoms with Gasteiger partial charge in [0.1, 0.15) is 0 Å². The molecule has 1 aromatic carbocycles. The molecule has 1 N–H and O–H groups in total. The second kappa shape index (κ2) is 10.8. The van der Waals surface area contributed by atoms with E-state index >= 15 is 0 Å². The summed E-state index contributed by atoms with van der Waals surface area (Å²) in [5.74, 6) is -0.766. The van der Waals surface area contributed by atoms with Crippen molar-refractivity contribution >= 4 is 11.5 Å². The molecule has 3 heteroatoms. The Kier molecular flexibility index (Phi) is 10.2. The summed E-state index contributed by atoms with van der Waals surface area (Å²) in [4.78, 5) is 14.7. The Morgan fingerprint density at radius 2 is 1.30 bits per heavy atom. The van der Waals surface area contributed by atoms with Crippen molar-refractivity contribution in [2.45, 2.75) is 127 Å². The first-order valence-corrected chi connectivity index (χ1v) is 12.7. The van der Waals surface area contributed by atoms with Crippen LogP contribution in [0.25, 0.3) is 5.57 Å². The Labute approximate surface area is 205 Å². The van der Waals surface area contributed by atoms with Gasteiger partial charge in [0.25, 0.3) is 0 Å². The van der Waals surface area contributed by atoms with Crippen molar-refractivity contribution in [1.82, 2.24) is 4.90 Å². The molecule has 0 amide bonds. The minimum atomic E-state index is -0.915. The molecule has 0 fully saturated rings. The van der Waals surface area contributed by atoms with Crippen molar-refractivity contribution in [2.75, 3.05) is 0 Å². The summed E-state index contributed by atoms with van der Waals surface area (Å²) in [7, 11) is 0. The van der Waals surface area contributed by atoms with Gasteiger partial charge in [0.05, 0.1) is 5.41 Å². The molecule has 190 valence electrons. The number of carbonyl (C=O) groups is 1. The molecule has 1 aromatic rings. The topological polar surface area (TPSA) is 40.5 Å². The summed E-state index contributed by atoms with van der Waals surface area (Å²) in [6.07, 6.45) is 1.25. The number of hydrogen-bond donors (Lipinski definition) is 1.